The van der Waals surface area contributed by atoms with Crippen molar-refractivity contribution in [3.05, 3.63) is 12.2 Å². The highest BCUT2D eigenvalue weighted by Gasteiger charge is 2.45. The Morgan fingerprint density at radius 1 is 1.40 bits per heavy atom. The summed E-state index contributed by atoms with van der Waals surface area (Å²) in [6.45, 7) is 2.36. The largest absolute Gasteiger partial charge is 0.511 e. The minimum absolute atomic E-state index is 0.375. The number of halogens is 3. The molecule has 0 spiro atoms. The first-order valence-corrected chi connectivity index (χ1v) is 5.03. The fraction of sp³-hybridized carbons (Fsp3) is 0.500. The third-order valence-corrected chi connectivity index (χ3v) is 2.52. The summed E-state index contributed by atoms with van der Waals surface area (Å²) in [4.78, 5) is 10.2. The zero-order valence-corrected chi connectivity index (χ0v) is 8.15. The molecule has 0 amide bonds. The summed E-state index contributed by atoms with van der Waals surface area (Å²) in [7, 11) is -5.40. The summed E-state index contributed by atoms with van der Waals surface area (Å²) in [6, 6.07) is 0. The maximum Gasteiger partial charge on any atom is 0.511 e. The fourth-order valence-corrected chi connectivity index (χ4v) is 1.06. The van der Waals surface area contributed by atoms with Crippen LogP contribution in [0.4, 0.5) is 13.2 Å². The van der Waals surface area contributed by atoms with Crippen LogP contribution >= 0.6 is 0 Å². The van der Waals surface area contributed by atoms with Crippen molar-refractivity contribution in [3.63, 3.8) is 0 Å². The molecule has 5 nitrogen and oxygen atoms in total. The van der Waals surface area contributed by atoms with E-state index in [4.69, 9.17) is 5.11 Å². The van der Waals surface area contributed by atoms with Crippen molar-refractivity contribution in [1.29, 1.82) is 0 Å². The molecule has 0 saturated heterocycles. The minimum Gasteiger partial charge on any atom is -0.478 e. The molecule has 0 bridgehead atoms. The van der Waals surface area contributed by atoms with E-state index in [9.17, 15) is 26.4 Å². The molecule has 0 unspecified atom stereocenters. The highest BCUT2D eigenvalue weighted by atomic mass is 32.2. The molecule has 0 fully saturated rings. The highest BCUT2D eigenvalue weighted by Crippen LogP contribution is 2.21. The Hall–Kier alpha value is -1.09. The Kier molecular flexibility index (Phi) is 4.28. The number of alkyl halides is 3. The van der Waals surface area contributed by atoms with E-state index in [0.717, 1.165) is 0 Å². The first kappa shape index (κ1) is 13.9. The molecule has 0 atom stereocenters. The van der Waals surface area contributed by atoms with Crippen LogP contribution in [0, 0.1) is 0 Å². The first-order valence-electron chi connectivity index (χ1n) is 3.55. The fourth-order valence-electron chi connectivity index (χ4n) is 0.525. The van der Waals surface area contributed by atoms with Crippen LogP contribution < -0.4 is 4.72 Å². The molecule has 0 aromatic carbocycles. The van der Waals surface area contributed by atoms with Crippen LogP contribution in [-0.4, -0.2) is 31.5 Å². The molecule has 15 heavy (non-hydrogen) atoms. The zero-order valence-electron chi connectivity index (χ0n) is 7.34. The van der Waals surface area contributed by atoms with Crippen LogP contribution in [0.25, 0.3) is 0 Å². The average Bonchev–Trinajstić information content (AvgIpc) is 2.01. The number of rotatable bonds is 5. The second kappa shape index (κ2) is 4.62. The molecule has 0 aromatic rings. The van der Waals surface area contributed by atoms with Gasteiger partial charge in [-0.05, 0) is 6.42 Å². The molecular formula is C6H8F3NO4S. The minimum atomic E-state index is -5.40. The standard InChI is InChI=1S/C6H8F3NO4S/c1-4(5(11)12)2-3-10-15(13,14)6(7,8)9/h10H,1-3H2,(H,11,12). The highest BCUT2D eigenvalue weighted by molar-refractivity contribution is 7.90. The topological polar surface area (TPSA) is 83.5 Å². The van der Waals surface area contributed by atoms with E-state index < -0.39 is 34.5 Å². The summed E-state index contributed by atoms with van der Waals surface area (Å²) in [5.74, 6) is -1.39. The van der Waals surface area contributed by atoms with E-state index >= 15 is 0 Å². The summed E-state index contributed by atoms with van der Waals surface area (Å²) in [5.41, 5.74) is -5.77. The maximum absolute atomic E-state index is 11.7. The lowest BCUT2D eigenvalue weighted by molar-refractivity contribution is -0.132. The second-order valence-corrected chi connectivity index (χ2v) is 4.26. The third kappa shape index (κ3) is 4.30. The molecule has 0 radical (unpaired) electrons. The van der Waals surface area contributed by atoms with E-state index in [0.29, 0.717) is 0 Å². The number of aliphatic carboxylic acids is 1. The molecule has 0 aromatic heterocycles. The van der Waals surface area contributed by atoms with Gasteiger partial charge in [0.2, 0.25) is 0 Å². The van der Waals surface area contributed by atoms with E-state index in [1.807, 2.05) is 0 Å². The molecule has 9 heteroatoms. The van der Waals surface area contributed by atoms with E-state index in [1.165, 1.54) is 4.72 Å². The number of sulfonamides is 1. The van der Waals surface area contributed by atoms with Gasteiger partial charge in [-0.3, -0.25) is 0 Å². The lowest BCUT2D eigenvalue weighted by Crippen LogP contribution is -2.37. The van der Waals surface area contributed by atoms with Crippen molar-refractivity contribution in [3.8, 4) is 0 Å². The quantitative estimate of drug-likeness (QED) is 0.691. The average molecular weight is 247 g/mol. The van der Waals surface area contributed by atoms with Gasteiger partial charge in [0.15, 0.2) is 0 Å². The van der Waals surface area contributed by atoms with Crippen molar-refractivity contribution in [1.82, 2.24) is 4.72 Å². The van der Waals surface area contributed by atoms with Gasteiger partial charge in [0.25, 0.3) is 0 Å². The molecule has 0 heterocycles. The zero-order chi connectivity index (χ0) is 12.3. The lowest BCUT2D eigenvalue weighted by atomic mass is 10.2. The summed E-state index contributed by atoms with van der Waals surface area (Å²) >= 11 is 0. The van der Waals surface area contributed by atoms with Crippen molar-refractivity contribution in [2.45, 2.75) is 11.9 Å². The Morgan fingerprint density at radius 3 is 2.20 bits per heavy atom. The molecule has 88 valence electrons. The van der Waals surface area contributed by atoms with Crippen molar-refractivity contribution >= 4 is 16.0 Å². The van der Waals surface area contributed by atoms with Crippen LogP contribution in [0.1, 0.15) is 6.42 Å². The van der Waals surface area contributed by atoms with Crippen LogP contribution in [0.15, 0.2) is 12.2 Å². The van der Waals surface area contributed by atoms with Crippen LogP contribution in [-0.2, 0) is 14.8 Å². The molecule has 0 saturated carbocycles. The summed E-state index contributed by atoms with van der Waals surface area (Å²) < 4.78 is 57.2. The monoisotopic (exact) mass is 247 g/mol. The van der Waals surface area contributed by atoms with Gasteiger partial charge in [-0.25, -0.2) is 17.9 Å². The smallest absolute Gasteiger partial charge is 0.478 e. The van der Waals surface area contributed by atoms with Gasteiger partial charge in [-0.2, -0.15) is 13.2 Å². The van der Waals surface area contributed by atoms with E-state index in [1.54, 1.807) is 0 Å². The summed E-state index contributed by atoms with van der Waals surface area (Å²) in [5, 5.41) is 8.27. The van der Waals surface area contributed by atoms with Crippen LogP contribution in [0.2, 0.25) is 0 Å². The van der Waals surface area contributed by atoms with Gasteiger partial charge in [0.1, 0.15) is 0 Å². The Morgan fingerprint density at radius 2 is 1.87 bits per heavy atom. The van der Waals surface area contributed by atoms with E-state index in [2.05, 4.69) is 6.58 Å². The number of carboxylic acids is 1. The molecule has 0 aliphatic heterocycles. The predicted octanol–water partition coefficient (Wildman–Crippen LogP) is 0.457. The maximum atomic E-state index is 11.7. The number of nitrogens with one attached hydrogen (secondary N) is 1. The summed E-state index contributed by atoms with van der Waals surface area (Å²) in [6.07, 6.45) is -0.398. The number of carbonyl (C=O) groups is 1. The first-order chi connectivity index (χ1) is 6.58. The number of hydrogen-bond acceptors (Lipinski definition) is 3. The lowest BCUT2D eigenvalue weighted by Gasteiger charge is -2.08. The van der Waals surface area contributed by atoms with Gasteiger partial charge in [-0.1, -0.05) is 6.58 Å². The van der Waals surface area contributed by atoms with Gasteiger partial charge in [0, 0.05) is 12.1 Å². The Balaban J connectivity index is 4.20. The third-order valence-electron chi connectivity index (χ3n) is 1.33. The van der Waals surface area contributed by atoms with Crippen molar-refractivity contribution < 1.29 is 31.5 Å². The normalized spacial score (nSPS) is 12.5. The van der Waals surface area contributed by atoms with Crippen molar-refractivity contribution in [2.75, 3.05) is 6.54 Å². The predicted molar refractivity (Wildman–Crippen MR) is 44.4 cm³/mol. The van der Waals surface area contributed by atoms with Crippen LogP contribution in [0.3, 0.4) is 0 Å². The molecule has 0 aliphatic carbocycles. The molecule has 0 rings (SSSR count). The van der Waals surface area contributed by atoms with Crippen LogP contribution in [0.5, 0.6) is 0 Å². The second-order valence-electron chi connectivity index (χ2n) is 2.50. The number of carboxylic acid groups (broad SMARTS) is 1. The Labute approximate surface area is 83.6 Å². The van der Waals surface area contributed by atoms with Gasteiger partial charge in [-0.15, -0.1) is 0 Å². The SMILES string of the molecule is C=C(CCNS(=O)(=O)C(F)(F)F)C(=O)O. The van der Waals surface area contributed by atoms with Gasteiger partial charge < -0.3 is 5.11 Å². The van der Waals surface area contributed by atoms with Gasteiger partial charge >= 0.3 is 21.5 Å². The molecular weight excluding hydrogens is 239 g/mol. The van der Waals surface area contributed by atoms with Gasteiger partial charge in [0.05, 0.1) is 0 Å². The molecule has 0 aliphatic rings. The van der Waals surface area contributed by atoms with Crippen molar-refractivity contribution in [2.24, 2.45) is 0 Å². The molecule has 2 N–H and O–H groups in total. The van der Waals surface area contributed by atoms with E-state index in [-0.39, 0.29) is 5.57 Å². The Bertz CT molecular complexity index is 359. The number of hydrogen-bond donors (Lipinski definition) is 2.